The van der Waals surface area contributed by atoms with Crippen LogP contribution in [0.1, 0.15) is 31.0 Å². The van der Waals surface area contributed by atoms with Gasteiger partial charge in [-0.2, -0.15) is 4.98 Å². The van der Waals surface area contributed by atoms with Crippen LogP contribution in [0.5, 0.6) is 0 Å². The number of anilines is 2. The molecule has 0 aliphatic carbocycles. The monoisotopic (exact) mass is 343 g/mol. The zero-order valence-electron chi connectivity index (χ0n) is 15.5. The molecule has 0 bridgehead atoms. The maximum absolute atomic E-state index is 4.65. The van der Waals surface area contributed by atoms with Crippen molar-refractivity contribution in [3.05, 3.63) is 30.5 Å². The van der Waals surface area contributed by atoms with Crippen molar-refractivity contribution in [1.82, 2.24) is 24.4 Å². The molecule has 3 rings (SSSR count). The van der Waals surface area contributed by atoms with E-state index in [0.29, 0.717) is 5.92 Å². The Balaban J connectivity index is 1.58. The third-order valence-electron chi connectivity index (χ3n) is 4.79. The summed E-state index contributed by atoms with van der Waals surface area (Å²) >= 11 is 0. The van der Waals surface area contributed by atoms with Gasteiger partial charge >= 0.3 is 0 Å². The second kappa shape index (κ2) is 8.29. The van der Waals surface area contributed by atoms with Crippen LogP contribution in [0.25, 0.3) is 0 Å². The maximum Gasteiger partial charge on any atom is 0.227 e. The van der Waals surface area contributed by atoms with Gasteiger partial charge < -0.3 is 19.7 Å². The standard InChI is InChI=1S/C18H29N7/c1-19-16-5-8-21-18(22-16)25-12-6-15(7-13-25)17-20-9-14-24(17)11-4-10-23(2)3/h5,8-9,14-15H,4,6-7,10-13H2,1-3H3,(H,19,21,22). The van der Waals surface area contributed by atoms with Crippen molar-refractivity contribution in [3.63, 3.8) is 0 Å². The van der Waals surface area contributed by atoms with Crippen LogP contribution in [0.15, 0.2) is 24.7 Å². The highest BCUT2D eigenvalue weighted by molar-refractivity contribution is 5.41. The van der Waals surface area contributed by atoms with Crippen LogP contribution in [0.3, 0.4) is 0 Å². The normalized spacial score (nSPS) is 15.8. The summed E-state index contributed by atoms with van der Waals surface area (Å²) in [5, 5.41) is 3.08. The van der Waals surface area contributed by atoms with Crippen molar-refractivity contribution in [2.45, 2.75) is 31.7 Å². The van der Waals surface area contributed by atoms with E-state index in [0.717, 1.165) is 57.2 Å². The van der Waals surface area contributed by atoms with E-state index >= 15 is 0 Å². The molecule has 3 heterocycles. The molecule has 7 nitrogen and oxygen atoms in total. The van der Waals surface area contributed by atoms with Crippen LogP contribution >= 0.6 is 0 Å². The molecule has 0 saturated carbocycles. The lowest BCUT2D eigenvalue weighted by atomic mass is 9.96. The largest absolute Gasteiger partial charge is 0.373 e. The molecule has 25 heavy (non-hydrogen) atoms. The second-order valence-electron chi connectivity index (χ2n) is 6.89. The van der Waals surface area contributed by atoms with E-state index in [-0.39, 0.29) is 0 Å². The van der Waals surface area contributed by atoms with E-state index in [1.54, 1.807) is 0 Å². The minimum atomic E-state index is 0.526. The molecule has 1 aliphatic heterocycles. The highest BCUT2D eigenvalue weighted by atomic mass is 15.3. The zero-order chi connectivity index (χ0) is 17.6. The molecular weight excluding hydrogens is 314 g/mol. The molecule has 7 heteroatoms. The van der Waals surface area contributed by atoms with Crippen molar-refractivity contribution in [2.75, 3.05) is 51.0 Å². The molecule has 0 radical (unpaired) electrons. The van der Waals surface area contributed by atoms with Gasteiger partial charge in [-0.1, -0.05) is 0 Å². The topological polar surface area (TPSA) is 62.1 Å². The van der Waals surface area contributed by atoms with Gasteiger partial charge in [0.15, 0.2) is 0 Å². The van der Waals surface area contributed by atoms with Crippen molar-refractivity contribution < 1.29 is 0 Å². The van der Waals surface area contributed by atoms with Crippen LogP contribution in [0.4, 0.5) is 11.8 Å². The molecule has 1 fully saturated rings. The number of nitrogens with one attached hydrogen (secondary N) is 1. The van der Waals surface area contributed by atoms with Crippen molar-refractivity contribution in [1.29, 1.82) is 0 Å². The van der Waals surface area contributed by atoms with Gasteiger partial charge in [-0.25, -0.2) is 9.97 Å². The fraction of sp³-hybridized carbons (Fsp3) is 0.611. The summed E-state index contributed by atoms with van der Waals surface area (Å²) < 4.78 is 2.34. The minimum absolute atomic E-state index is 0.526. The number of aryl methyl sites for hydroxylation is 1. The van der Waals surface area contributed by atoms with Gasteiger partial charge in [-0.15, -0.1) is 0 Å². The van der Waals surface area contributed by atoms with Crippen molar-refractivity contribution >= 4 is 11.8 Å². The Labute approximate surface area is 150 Å². The fourth-order valence-corrected chi connectivity index (χ4v) is 3.40. The highest BCUT2D eigenvalue weighted by Gasteiger charge is 2.25. The summed E-state index contributed by atoms with van der Waals surface area (Å²) in [6.45, 7) is 4.10. The third kappa shape index (κ3) is 4.48. The highest BCUT2D eigenvalue weighted by Crippen LogP contribution is 2.28. The van der Waals surface area contributed by atoms with Gasteiger partial charge in [0.2, 0.25) is 5.95 Å². The first kappa shape index (κ1) is 17.7. The van der Waals surface area contributed by atoms with Gasteiger partial charge in [0.25, 0.3) is 0 Å². The molecule has 136 valence electrons. The molecule has 1 saturated heterocycles. The van der Waals surface area contributed by atoms with E-state index in [4.69, 9.17) is 0 Å². The van der Waals surface area contributed by atoms with Crippen LogP contribution in [-0.2, 0) is 6.54 Å². The summed E-state index contributed by atoms with van der Waals surface area (Å²) in [4.78, 5) is 18.1. The predicted octanol–water partition coefficient (Wildman–Crippen LogP) is 2.05. The van der Waals surface area contributed by atoms with Crippen LogP contribution < -0.4 is 10.2 Å². The summed E-state index contributed by atoms with van der Waals surface area (Å²) in [5.74, 6) is 3.45. The first-order chi connectivity index (χ1) is 12.2. The lowest BCUT2D eigenvalue weighted by Crippen LogP contribution is -2.35. The summed E-state index contributed by atoms with van der Waals surface area (Å²) in [6.07, 6.45) is 9.22. The third-order valence-corrected chi connectivity index (χ3v) is 4.79. The lowest BCUT2D eigenvalue weighted by molar-refractivity contribution is 0.379. The van der Waals surface area contributed by atoms with Gasteiger partial charge in [0.05, 0.1) is 0 Å². The maximum atomic E-state index is 4.65. The zero-order valence-corrected chi connectivity index (χ0v) is 15.5. The van der Waals surface area contributed by atoms with Crippen LogP contribution in [0.2, 0.25) is 0 Å². The Morgan fingerprint density at radius 3 is 2.72 bits per heavy atom. The lowest BCUT2D eigenvalue weighted by Gasteiger charge is -2.32. The summed E-state index contributed by atoms with van der Waals surface area (Å²) in [5.41, 5.74) is 0. The molecule has 2 aromatic heterocycles. The Kier molecular flexibility index (Phi) is 5.86. The quantitative estimate of drug-likeness (QED) is 0.830. The Hall–Kier alpha value is -2.15. The molecule has 1 N–H and O–H groups in total. The average molecular weight is 343 g/mol. The number of nitrogens with zero attached hydrogens (tertiary/aromatic N) is 6. The molecular formula is C18H29N7. The van der Waals surface area contributed by atoms with E-state index in [2.05, 4.69) is 54.9 Å². The fourth-order valence-electron chi connectivity index (χ4n) is 3.40. The van der Waals surface area contributed by atoms with Gasteiger partial charge in [-0.3, -0.25) is 0 Å². The van der Waals surface area contributed by atoms with Crippen molar-refractivity contribution in [2.24, 2.45) is 0 Å². The van der Waals surface area contributed by atoms with Crippen molar-refractivity contribution in [3.8, 4) is 0 Å². The SMILES string of the molecule is CNc1ccnc(N2CCC(c3nccn3CCCN(C)C)CC2)n1. The number of hydrogen-bond donors (Lipinski definition) is 1. The number of hydrogen-bond acceptors (Lipinski definition) is 6. The Morgan fingerprint density at radius 2 is 2.00 bits per heavy atom. The Bertz CT molecular complexity index is 659. The molecule has 1 aliphatic rings. The predicted molar refractivity (Wildman–Crippen MR) is 101 cm³/mol. The average Bonchev–Trinajstić information content (AvgIpc) is 3.10. The van der Waals surface area contributed by atoms with Crippen LogP contribution in [0, 0.1) is 0 Å². The smallest absolute Gasteiger partial charge is 0.227 e. The number of piperidine rings is 1. The van der Waals surface area contributed by atoms with E-state index in [1.807, 2.05) is 25.5 Å². The first-order valence-electron chi connectivity index (χ1n) is 9.09. The van der Waals surface area contributed by atoms with E-state index < -0.39 is 0 Å². The molecule has 0 atom stereocenters. The molecule has 0 aromatic carbocycles. The van der Waals surface area contributed by atoms with Gasteiger partial charge in [0, 0.05) is 51.2 Å². The summed E-state index contributed by atoms with van der Waals surface area (Å²) in [6, 6.07) is 1.89. The number of aromatic nitrogens is 4. The first-order valence-corrected chi connectivity index (χ1v) is 9.09. The minimum Gasteiger partial charge on any atom is -0.373 e. The second-order valence-corrected chi connectivity index (χ2v) is 6.89. The molecule has 0 unspecified atom stereocenters. The molecule has 0 amide bonds. The van der Waals surface area contributed by atoms with Gasteiger partial charge in [-0.05, 0) is 46.0 Å². The summed E-state index contributed by atoms with van der Waals surface area (Å²) in [7, 11) is 6.12. The molecule has 0 spiro atoms. The van der Waals surface area contributed by atoms with E-state index in [9.17, 15) is 0 Å². The van der Waals surface area contributed by atoms with Crippen LogP contribution in [-0.4, -0.2) is 65.2 Å². The van der Waals surface area contributed by atoms with E-state index in [1.165, 1.54) is 5.82 Å². The number of rotatable bonds is 7. The molecule has 2 aromatic rings. The Morgan fingerprint density at radius 1 is 1.20 bits per heavy atom. The van der Waals surface area contributed by atoms with Gasteiger partial charge in [0.1, 0.15) is 11.6 Å². The number of imidazole rings is 1.